The van der Waals surface area contributed by atoms with Crippen LogP contribution < -0.4 is 10.2 Å². The molecule has 0 saturated carbocycles. The summed E-state index contributed by atoms with van der Waals surface area (Å²) in [7, 11) is 0. The van der Waals surface area contributed by atoms with Gasteiger partial charge in [0, 0.05) is 18.5 Å². The second-order valence-electron chi connectivity index (χ2n) is 7.48. The van der Waals surface area contributed by atoms with E-state index >= 15 is 0 Å². The first kappa shape index (κ1) is 16.8. The molecule has 0 aliphatic carbocycles. The highest BCUT2D eigenvalue weighted by Crippen LogP contribution is 2.42. The van der Waals surface area contributed by atoms with Gasteiger partial charge in [-0.15, -0.1) is 0 Å². The molecule has 0 atom stereocenters. The summed E-state index contributed by atoms with van der Waals surface area (Å²) >= 11 is 6.43. The molecule has 5 heteroatoms. The van der Waals surface area contributed by atoms with Gasteiger partial charge in [0.05, 0.1) is 23.6 Å². The number of likely N-dealkylation sites (tertiary alicyclic amines) is 1. The lowest BCUT2D eigenvalue weighted by Crippen LogP contribution is -2.22. The van der Waals surface area contributed by atoms with E-state index in [1.54, 1.807) is 0 Å². The number of para-hydroxylation sites is 1. The van der Waals surface area contributed by atoms with Crippen LogP contribution in [0.4, 0.5) is 11.4 Å². The summed E-state index contributed by atoms with van der Waals surface area (Å²) in [6.07, 6.45) is 2.66. The van der Waals surface area contributed by atoms with E-state index in [1.165, 1.54) is 37.1 Å². The van der Waals surface area contributed by atoms with E-state index in [0.29, 0.717) is 5.15 Å². The Morgan fingerprint density at radius 3 is 2.59 bits per heavy atom. The van der Waals surface area contributed by atoms with Crippen molar-refractivity contribution in [2.45, 2.75) is 25.9 Å². The average Bonchev–Trinajstić information content (AvgIpc) is 3.33. The van der Waals surface area contributed by atoms with E-state index in [0.717, 1.165) is 42.0 Å². The lowest BCUT2D eigenvalue weighted by molar-refractivity contribution is 0.331. The van der Waals surface area contributed by atoms with Crippen molar-refractivity contribution in [2.75, 3.05) is 30.0 Å². The molecule has 5 rings (SSSR count). The number of rotatable bonds is 4. The van der Waals surface area contributed by atoms with Crippen molar-refractivity contribution in [1.82, 2.24) is 9.88 Å². The molecule has 3 aromatic rings. The zero-order chi connectivity index (χ0) is 18.2. The summed E-state index contributed by atoms with van der Waals surface area (Å²) < 4.78 is 0. The van der Waals surface area contributed by atoms with Crippen LogP contribution in [0, 0.1) is 0 Å². The molecule has 0 bridgehead atoms. The molecule has 0 spiro atoms. The molecule has 0 unspecified atom stereocenters. The molecule has 27 heavy (non-hydrogen) atoms. The Kier molecular flexibility index (Phi) is 4.38. The minimum Gasteiger partial charge on any atom is -0.364 e. The molecule has 2 aliphatic rings. The van der Waals surface area contributed by atoms with Crippen LogP contribution in [-0.4, -0.2) is 29.6 Å². The van der Waals surface area contributed by atoms with Gasteiger partial charge in [-0.25, -0.2) is 4.98 Å². The van der Waals surface area contributed by atoms with Crippen molar-refractivity contribution in [3.05, 3.63) is 64.8 Å². The maximum atomic E-state index is 6.43. The number of nitrogens with one attached hydrogen (secondary N) is 1. The summed E-state index contributed by atoms with van der Waals surface area (Å²) in [5.74, 6) is 0. The van der Waals surface area contributed by atoms with Crippen molar-refractivity contribution in [3.8, 4) is 0 Å². The molecule has 2 aromatic carbocycles. The first-order valence-corrected chi connectivity index (χ1v) is 10.0. The van der Waals surface area contributed by atoms with Crippen molar-refractivity contribution in [3.63, 3.8) is 0 Å². The maximum Gasteiger partial charge on any atom is 0.155 e. The van der Waals surface area contributed by atoms with Crippen molar-refractivity contribution < 1.29 is 0 Å². The smallest absolute Gasteiger partial charge is 0.155 e. The van der Waals surface area contributed by atoms with Crippen LogP contribution in [0.2, 0.25) is 5.15 Å². The van der Waals surface area contributed by atoms with Crippen LogP contribution in [0.3, 0.4) is 0 Å². The Morgan fingerprint density at radius 2 is 1.74 bits per heavy atom. The standard InChI is InChI=1S/C22H23ClN4/c23-22-20-21(18-8-1-2-9-19(18)25-22)27(15-24-20)14-17-7-5-6-16(12-17)13-26-10-3-4-11-26/h1-2,5-9,12,24H,3-4,10-11,13-15H2. The van der Waals surface area contributed by atoms with Crippen LogP contribution in [0.15, 0.2) is 48.5 Å². The molecule has 138 valence electrons. The monoisotopic (exact) mass is 378 g/mol. The largest absolute Gasteiger partial charge is 0.364 e. The van der Waals surface area contributed by atoms with Gasteiger partial charge in [-0.2, -0.15) is 0 Å². The number of halogens is 1. The number of benzene rings is 2. The molecule has 2 aliphatic heterocycles. The van der Waals surface area contributed by atoms with Gasteiger partial charge >= 0.3 is 0 Å². The fraction of sp³-hybridized carbons (Fsp3) is 0.318. The van der Waals surface area contributed by atoms with E-state index in [1.807, 2.05) is 12.1 Å². The number of nitrogens with zero attached hydrogens (tertiary/aromatic N) is 3. The van der Waals surface area contributed by atoms with E-state index < -0.39 is 0 Å². The minimum atomic E-state index is 0.550. The third kappa shape index (κ3) is 3.24. The fourth-order valence-electron chi connectivity index (χ4n) is 4.28. The molecular weight excluding hydrogens is 356 g/mol. The van der Waals surface area contributed by atoms with Crippen molar-refractivity contribution >= 4 is 33.9 Å². The van der Waals surface area contributed by atoms with E-state index in [-0.39, 0.29) is 0 Å². The Hall–Kier alpha value is -2.30. The number of pyridine rings is 1. The Morgan fingerprint density at radius 1 is 0.963 bits per heavy atom. The summed E-state index contributed by atoms with van der Waals surface area (Å²) in [5.41, 5.74) is 5.79. The zero-order valence-corrected chi connectivity index (χ0v) is 16.0. The Balaban J connectivity index is 1.43. The summed E-state index contributed by atoms with van der Waals surface area (Å²) in [6, 6.07) is 17.2. The zero-order valence-electron chi connectivity index (χ0n) is 15.3. The molecule has 0 radical (unpaired) electrons. The maximum absolute atomic E-state index is 6.43. The second kappa shape index (κ2) is 7.02. The molecule has 1 N–H and O–H groups in total. The van der Waals surface area contributed by atoms with Crippen LogP contribution in [0.25, 0.3) is 10.9 Å². The quantitative estimate of drug-likeness (QED) is 0.656. The molecule has 1 aromatic heterocycles. The highest BCUT2D eigenvalue weighted by Gasteiger charge is 2.25. The fourth-order valence-corrected chi connectivity index (χ4v) is 4.53. The first-order valence-electron chi connectivity index (χ1n) is 9.65. The molecule has 1 fully saturated rings. The third-order valence-electron chi connectivity index (χ3n) is 5.55. The molecule has 0 amide bonds. The van der Waals surface area contributed by atoms with Gasteiger partial charge in [0.15, 0.2) is 5.15 Å². The molecular formula is C22H23ClN4. The van der Waals surface area contributed by atoms with Gasteiger partial charge in [-0.3, -0.25) is 4.90 Å². The number of hydrogen-bond donors (Lipinski definition) is 1. The van der Waals surface area contributed by atoms with Gasteiger partial charge < -0.3 is 10.2 Å². The van der Waals surface area contributed by atoms with Gasteiger partial charge in [-0.1, -0.05) is 54.1 Å². The SMILES string of the molecule is Clc1nc2ccccc2c2c1NCN2Cc1cccc(CN2CCCC2)c1. The van der Waals surface area contributed by atoms with Crippen LogP contribution in [-0.2, 0) is 13.1 Å². The van der Waals surface area contributed by atoms with E-state index in [4.69, 9.17) is 11.6 Å². The first-order chi connectivity index (χ1) is 13.3. The summed E-state index contributed by atoms with van der Waals surface area (Å²) in [4.78, 5) is 9.44. The van der Waals surface area contributed by atoms with Crippen LogP contribution in [0.5, 0.6) is 0 Å². The number of aromatic nitrogens is 1. The van der Waals surface area contributed by atoms with Crippen molar-refractivity contribution in [2.24, 2.45) is 0 Å². The van der Waals surface area contributed by atoms with Gasteiger partial charge in [0.2, 0.25) is 0 Å². The third-order valence-corrected chi connectivity index (χ3v) is 5.83. The topological polar surface area (TPSA) is 31.4 Å². The number of fused-ring (bicyclic) bond motifs is 3. The van der Waals surface area contributed by atoms with Crippen LogP contribution in [0.1, 0.15) is 24.0 Å². The second-order valence-corrected chi connectivity index (χ2v) is 7.84. The summed E-state index contributed by atoms with van der Waals surface area (Å²) in [5, 5.41) is 5.13. The molecule has 4 nitrogen and oxygen atoms in total. The van der Waals surface area contributed by atoms with Crippen LogP contribution >= 0.6 is 11.6 Å². The number of anilines is 2. The van der Waals surface area contributed by atoms with Crippen molar-refractivity contribution in [1.29, 1.82) is 0 Å². The Labute approximate surface area is 164 Å². The highest BCUT2D eigenvalue weighted by molar-refractivity contribution is 6.34. The van der Waals surface area contributed by atoms with Gasteiger partial charge in [0.25, 0.3) is 0 Å². The normalized spacial score (nSPS) is 16.7. The average molecular weight is 379 g/mol. The highest BCUT2D eigenvalue weighted by atomic mass is 35.5. The van der Waals surface area contributed by atoms with E-state index in [9.17, 15) is 0 Å². The molecule has 3 heterocycles. The lowest BCUT2D eigenvalue weighted by atomic mass is 10.1. The minimum absolute atomic E-state index is 0.550. The predicted molar refractivity (Wildman–Crippen MR) is 112 cm³/mol. The van der Waals surface area contributed by atoms with Gasteiger partial charge in [0.1, 0.15) is 0 Å². The predicted octanol–water partition coefficient (Wildman–Crippen LogP) is 4.87. The van der Waals surface area contributed by atoms with Gasteiger partial charge in [-0.05, 0) is 43.1 Å². The Bertz CT molecular complexity index is 981. The number of hydrogen-bond acceptors (Lipinski definition) is 4. The van der Waals surface area contributed by atoms with E-state index in [2.05, 4.69) is 56.5 Å². The summed E-state index contributed by atoms with van der Waals surface area (Å²) in [6.45, 7) is 5.12. The molecule has 1 saturated heterocycles. The lowest BCUT2D eigenvalue weighted by Gasteiger charge is -2.21.